The van der Waals surface area contributed by atoms with Gasteiger partial charge in [0.05, 0.1) is 17.4 Å². The third-order valence-electron chi connectivity index (χ3n) is 4.88. The van der Waals surface area contributed by atoms with Crippen molar-refractivity contribution in [2.24, 2.45) is 0 Å². The van der Waals surface area contributed by atoms with Crippen LogP contribution in [0.4, 0.5) is 8.78 Å². The molecule has 0 aliphatic heterocycles. The number of hydrogen-bond acceptors (Lipinski definition) is 3. The number of halogens is 2. The first-order chi connectivity index (χ1) is 14.0. The summed E-state index contributed by atoms with van der Waals surface area (Å²) in [6.45, 7) is 0.312. The number of benzene rings is 3. The molecule has 29 heavy (non-hydrogen) atoms. The second kappa shape index (κ2) is 7.64. The molecule has 148 valence electrons. The van der Waals surface area contributed by atoms with Crippen LogP contribution in [0.25, 0.3) is 16.6 Å². The van der Waals surface area contributed by atoms with E-state index in [1.165, 1.54) is 12.1 Å². The van der Waals surface area contributed by atoms with Gasteiger partial charge in [0.25, 0.3) is 0 Å². The lowest BCUT2D eigenvalue weighted by Crippen LogP contribution is -2.35. The highest BCUT2D eigenvalue weighted by atomic mass is 19.1. The molecule has 4 rings (SSSR count). The van der Waals surface area contributed by atoms with Crippen LogP contribution in [0.15, 0.2) is 72.9 Å². The zero-order valence-corrected chi connectivity index (χ0v) is 15.8. The monoisotopic (exact) mass is 394 g/mol. The molecular formula is C23H20F2N2O2. The number of fused-ring (bicyclic) bond motifs is 1. The second-order valence-corrected chi connectivity index (χ2v) is 7.05. The molecule has 1 heterocycles. The summed E-state index contributed by atoms with van der Waals surface area (Å²) in [5.74, 6) is -0.578. The number of aryl methyl sites for hydroxylation is 1. The molecule has 1 aromatic heterocycles. The molecule has 0 bridgehead atoms. The molecule has 0 aliphatic rings. The summed E-state index contributed by atoms with van der Waals surface area (Å²) in [5, 5.41) is 16.0. The molecular weight excluding hydrogens is 374 g/mol. The normalized spacial score (nSPS) is 13.4. The summed E-state index contributed by atoms with van der Waals surface area (Å²) in [5.41, 5.74) is 0.966. The number of ether oxygens (including phenoxy) is 1. The van der Waals surface area contributed by atoms with Crippen molar-refractivity contribution in [2.75, 3.05) is 13.3 Å². The topological polar surface area (TPSA) is 47.3 Å². The number of aromatic nitrogens is 2. The van der Waals surface area contributed by atoms with E-state index < -0.39 is 24.7 Å². The van der Waals surface area contributed by atoms with E-state index >= 15 is 0 Å². The van der Waals surface area contributed by atoms with E-state index in [-0.39, 0.29) is 5.75 Å². The van der Waals surface area contributed by atoms with Gasteiger partial charge in [0.2, 0.25) is 0 Å². The molecule has 0 radical (unpaired) electrons. The lowest BCUT2D eigenvalue weighted by Gasteiger charge is -2.26. The Kier molecular flexibility index (Phi) is 5.03. The minimum atomic E-state index is -1.90. The molecule has 1 atom stereocenters. The summed E-state index contributed by atoms with van der Waals surface area (Å²) in [7, 11) is 0. The van der Waals surface area contributed by atoms with Gasteiger partial charge < -0.3 is 9.84 Å². The highest BCUT2D eigenvalue weighted by molar-refractivity contribution is 5.81. The molecule has 6 heteroatoms. The molecule has 0 saturated carbocycles. The zero-order chi connectivity index (χ0) is 20.4. The predicted molar refractivity (Wildman–Crippen MR) is 108 cm³/mol. The number of aliphatic hydroxyl groups is 1. The van der Waals surface area contributed by atoms with Crippen molar-refractivity contribution in [1.82, 2.24) is 9.78 Å². The van der Waals surface area contributed by atoms with E-state index in [2.05, 4.69) is 5.10 Å². The SMILES string of the molecule is Cc1ccc(F)c(OCC(O)(CF)c2ccc3c(cnn3-c3ccccc3)c2)c1. The van der Waals surface area contributed by atoms with Crippen molar-refractivity contribution in [3.63, 3.8) is 0 Å². The Morgan fingerprint density at radius 3 is 2.62 bits per heavy atom. The van der Waals surface area contributed by atoms with Crippen LogP contribution in [-0.2, 0) is 5.60 Å². The maximum atomic E-state index is 13.9. The Labute approximate surface area is 167 Å². The average Bonchev–Trinajstić information content (AvgIpc) is 3.18. The van der Waals surface area contributed by atoms with Gasteiger partial charge in [-0.3, -0.25) is 0 Å². The zero-order valence-electron chi connectivity index (χ0n) is 15.8. The molecule has 3 aromatic carbocycles. The van der Waals surface area contributed by atoms with Crippen LogP contribution in [0, 0.1) is 12.7 Å². The highest BCUT2D eigenvalue weighted by Crippen LogP contribution is 2.29. The number of rotatable bonds is 6. The molecule has 0 amide bonds. The van der Waals surface area contributed by atoms with Gasteiger partial charge in [-0.15, -0.1) is 0 Å². The fourth-order valence-corrected chi connectivity index (χ4v) is 3.21. The molecule has 0 spiro atoms. The lowest BCUT2D eigenvalue weighted by atomic mass is 9.95. The van der Waals surface area contributed by atoms with Gasteiger partial charge in [0.1, 0.15) is 13.3 Å². The molecule has 0 saturated heterocycles. The third-order valence-corrected chi connectivity index (χ3v) is 4.88. The van der Waals surface area contributed by atoms with Crippen molar-refractivity contribution >= 4 is 10.9 Å². The van der Waals surface area contributed by atoms with E-state index in [1.54, 1.807) is 42.1 Å². The first-order valence-electron chi connectivity index (χ1n) is 9.21. The van der Waals surface area contributed by atoms with Crippen molar-refractivity contribution in [3.8, 4) is 11.4 Å². The van der Waals surface area contributed by atoms with Crippen LogP contribution in [-0.4, -0.2) is 28.2 Å². The van der Waals surface area contributed by atoms with Gasteiger partial charge in [-0.1, -0.05) is 30.3 Å². The Morgan fingerprint density at radius 2 is 1.86 bits per heavy atom. The van der Waals surface area contributed by atoms with E-state index in [0.29, 0.717) is 5.56 Å². The maximum Gasteiger partial charge on any atom is 0.165 e. The van der Waals surface area contributed by atoms with E-state index in [9.17, 15) is 13.9 Å². The molecule has 4 nitrogen and oxygen atoms in total. The van der Waals surface area contributed by atoms with Crippen LogP contribution in [0.5, 0.6) is 5.75 Å². The molecule has 1 N–H and O–H groups in total. The van der Waals surface area contributed by atoms with Crippen molar-refractivity contribution in [1.29, 1.82) is 0 Å². The number of nitrogens with zero attached hydrogens (tertiary/aromatic N) is 2. The van der Waals surface area contributed by atoms with E-state index in [4.69, 9.17) is 4.74 Å². The van der Waals surface area contributed by atoms with Gasteiger partial charge in [-0.25, -0.2) is 13.5 Å². The van der Waals surface area contributed by atoms with Crippen molar-refractivity contribution in [3.05, 3.63) is 89.9 Å². The predicted octanol–water partition coefficient (Wildman–Crippen LogP) is 4.71. The second-order valence-electron chi connectivity index (χ2n) is 7.05. The summed E-state index contributed by atoms with van der Waals surface area (Å²) < 4.78 is 34.9. The van der Waals surface area contributed by atoms with Gasteiger partial charge in [-0.2, -0.15) is 5.10 Å². The Balaban J connectivity index is 1.63. The number of para-hydroxylation sites is 1. The lowest BCUT2D eigenvalue weighted by molar-refractivity contribution is -0.0298. The van der Waals surface area contributed by atoms with Crippen LogP contribution < -0.4 is 4.74 Å². The summed E-state index contributed by atoms with van der Waals surface area (Å²) >= 11 is 0. The van der Waals surface area contributed by atoms with Crippen molar-refractivity contribution < 1.29 is 18.6 Å². The quantitative estimate of drug-likeness (QED) is 0.515. The van der Waals surface area contributed by atoms with Crippen LogP contribution in [0.3, 0.4) is 0 Å². The number of hydrogen-bond donors (Lipinski definition) is 1. The Hall–Kier alpha value is -3.25. The summed E-state index contributed by atoms with van der Waals surface area (Å²) in [6, 6.07) is 19.1. The Morgan fingerprint density at radius 1 is 1.07 bits per heavy atom. The van der Waals surface area contributed by atoms with Crippen LogP contribution in [0.2, 0.25) is 0 Å². The first kappa shape index (κ1) is 19.1. The summed E-state index contributed by atoms with van der Waals surface area (Å²) in [6.07, 6.45) is 1.66. The number of alkyl halides is 1. The van der Waals surface area contributed by atoms with Gasteiger partial charge >= 0.3 is 0 Å². The minimum Gasteiger partial charge on any atom is -0.487 e. The smallest absolute Gasteiger partial charge is 0.165 e. The van der Waals surface area contributed by atoms with E-state index in [1.807, 2.05) is 30.3 Å². The average molecular weight is 394 g/mol. The van der Waals surface area contributed by atoms with Gasteiger partial charge in [-0.05, 0) is 54.4 Å². The molecule has 1 unspecified atom stereocenters. The maximum absolute atomic E-state index is 13.9. The molecule has 4 aromatic rings. The van der Waals surface area contributed by atoms with E-state index in [0.717, 1.165) is 22.2 Å². The van der Waals surface area contributed by atoms with Gasteiger partial charge in [0.15, 0.2) is 17.2 Å². The highest BCUT2D eigenvalue weighted by Gasteiger charge is 2.31. The fourth-order valence-electron chi connectivity index (χ4n) is 3.21. The van der Waals surface area contributed by atoms with Crippen molar-refractivity contribution in [2.45, 2.75) is 12.5 Å². The molecule has 0 fully saturated rings. The van der Waals surface area contributed by atoms with Gasteiger partial charge in [0, 0.05) is 5.39 Å². The standard InChI is InChI=1S/C23H20F2N2O2/c1-16-7-9-20(25)22(11-16)29-15-23(28,14-24)18-8-10-21-17(12-18)13-26-27(21)19-5-3-2-4-6-19/h2-13,28H,14-15H2,1H3. The molecule has 0 aliphatic carbocycles. The third kappa shape index (κ3) is 3.71. The fraction of sp³-hybridized carbons (Fsp3) is 0.174. The van der Waals surface area contributed by atoms with Crippen LogP contribution >= 0.6 is 0 Å². The summed E-state index contributed by atoms with van der Waals surface area (Å²) in [4.78, 5) is 0. The minimum absolute atomic E-state index is 0.0187. The van der Waals surface area contributed by atoms with Crippen LogP contribution in [0.1, 0.15) is 11.1 Å². The first-order valence-corrected chi connectivity index (χ1v) is 9.21. The largest absolute Gasteiger partial charge is 0.487 e. The Bertz CT molecular complexity index is 1140.